The Morgan fingerprint density at radius 2 is 2.22 bits per heavy atom. The van der Waals surface area contributed by atoms with E-state index in [0.717, 1.165) is 16.6 Å². The van der Waals surface area contributed by atoms with Crippen LogP contribution >= 0.6 is 11.3 Å². The molecule has 2 aromatic heterocycles. The van der Waals surface area contributed by atoms with Gasteiger partial charge in [-0.15, -0.1) is 11.3 Å². The van der Waals surface area contributed by atoms with Gasteiger partial charge in [0.25, 0.3) is 0 Å². The molecule has 0 bridgehead atoms. The van der Waals surface area contributed by atoms with Crippen LogP contribution in [0.15, 0.2) is 24.5 Å². The summed E-state index contributed by atoms with van der Waals surface area (Å²) in [6.07, 6.45) is 3.77. The molecule has 5 heteroatoms. The lowest BCUT2D eigenvalue weighted by Gasteiger charge is -2.13. The molecule has 0 aliphatic heterocycles. The van der Waals surface area contributed by atoms with E-state index in [1.165, 1.54) is 4.88 Å². The molecule has 0 atom stereocenters. The molecule has 2 rings (SSSR count). The maximum Gasteiger partial charge on any atom is 0.169 e. The first-order valence-electron chi connectivity index (χ1n) is 5.92. The maximum absolute atomic E-state index is 5.70. The summed E-state index contributed by atoms with van der Waals surface area (Å²) < 4.78 is 5.70. The quantitative estimate of drug-likeness (QED) is 0.899. The third-order valence-electron chi connectivity index (χ3n) is 2.21. The zero-order valence-electron chi connectivity index (χ0n) is 10.8. The molecule has 18 heavy (non-hydrogen) atoms. The molecule has 0 fully saturated rings. The molecule has 4 nitrogen and oxygen atoms in total. The normalized spacial score (nSPS) is 10.7. The number of nitrogens with zero attached hydrogens (tertiary/aromatic N) is 2. The summed E-state index contributed by atoms with van der Waals surface area (Å²) in [5, 5.41) is 4.31. The van der Waals surface area contributed by atoms with E-state index in [0.29, 0.717) is 6.54 Å². The van der Waals surface area contributed by atoms with Crippen LogP contribution in [-0.2, 0) is 6.54 Å². The van der Waals surface area contributed by atoms with Crippen molar-refractivity contribution in [3.05, 3.63) is 34.4 Å². The second-order valence-electron chi connectivity index (χ2n) is 4.23. The Labute approximate surface area is 111 Å². The summed E-state index contributed by atoms with van der Waals surface area (Å²) in [5.74, 6) is 1.54. The molecule has 96 valence electrons. The minimum atomic E-state index is 0.136. The molecule has 0 spiro atoms. The van der Waals surface area contributed by atoms with Crippen molar-refractivity contribution in [2.24, 2.45) is 0 Å². The minimum absolute atomic E-state index is 0.136. The monoisotopic (exact) mass is 263 g/mol. The van der Waals surface area contributed by atoms with Crippen LogP contribution in [0.4, 0.5) is 5.82 Å². The number of aromatic nitrogens is 2. The summed E-state index contributed by atoms with van der Waals surface area (Å²) in [6, 6.07) is 3.79. The SMILES string of the molecule is Cc1cnc(CNc2ncccc2OC(C)C)s1. The molecule has 0 saturated heterocycles. The minimum Gasteiger partial charge on any atom is -0.487 e. The number of hydrogen-bond donors (Lipinski definition) is 1. The smallest absolute Gasteiger partial charge is 0.169 e. The van der Waals surface area contributed by atoms with Gasteiger partial charge in [-0.2, -0.15) is 0 Å². The highest BCUT2D eigenvalue weighted by atomic mass is 32.1. The van der Waals surface area contributed by atoms with Gasteiger partial charge in [-0.25, -0.2) is 9.97 Å². The van der Waals surface area contributed by atoms with Gasteiger partial charge >= 0.3 is 0 Å². The van der Waals surface area contributed by atoms with E-state index in [2.05, 4.69) is 22.2 Å². The lowest BCUT2D eigenvalue weighted by Crippen LogP contribution is -2.09. The molecule has 1 N–H and O–H groups in total. The molecule has 0 amide bonds. The van der Waals surface area contributed by atoms with Crippen molar-refractivity contribution in [2.45, 2.75) is 33.4 Å². The lowest BCUT2D eigenvalue weighted by atomic mass is 10.4. The van der Waals surface area contributed by atoms with Crippen molar-refractivity contribution in [2.75, 3.05) is 5.32 Å². The van der Waals surface area contributed by atoms with Gasteiger partial charge in [0.1, 0.15) is 5.01 Å². The van der Waals surface area contributed by atoms with Crippen LogP contribution in [0.25, 0.3) is 0 Å². The predicted molar refractivity (Wildman–Crippen MR) is 74.2 cm³/mol. The number of hydrogen-bond acceptors (Lipinski definition) is 5. The highest BCUT2D eigenvalue weighted by molar-refractivity contribution is 7.11. The number of thiazole rings is 1. The molecule has 0 aliphatic carbocycles. The van der Waals surface area contributed by atoms with Crippen molar-refractivity contribution < 1.29 is 4.74 Å². The topological polar surface area (TPSA) is 47.0 Å². The van der Waals surface area contributed by atoms with E-state index in [9.17, 15) is 0 Å². The predicted octanol–water partition coefficient (Wildman–Crippen LogP) is 3.25. The highest BCUT2D eigenvalue weighted by Crippen LogP contribution is 2.23. The Morgan fingerprint density at radius 3 is 2.89 bits per heavy atom. The fraction of sp³-hybridized carbons (Fsp3) is 0.385. The van der Waals surface area contributed by atoms with Crippen molar-refractivity contribution >= 4 is 17.2 Å². The summed E-state index contributed by atoms with van der Waals surface area (Å²) in [7, 11) is 0. The third kappa shape index (κ3) is 3.43. The van der Waals surface area contributed by atoms with E-state index in [1.807, 2.05) is 32.2 Å². The summed E-state index contributed by atoms with van der Waals surface area (Å²) >= 11 is 1.68. The highest BCUT2D eigenvalue weighted by Gasteiger charge is 2.07. The number of aryl methyl sites for hydroxylation is 1. The molecule has 0 unspecified atom stereocenters. The van der Waals surface area contributed by atoms with Gasteiger partial charge in [0.15, 0.2) is 11.6 Å². The third-order valence-corrected chi connectivity index (χ3v) is 3.12. The summed E-state index contributed by atoms with van der Waals surface area (Å²) in [5.41, 5.74) is 0. The second-order valence-corrected chi connectivity index (χ2v) is 5.55. The average molecular weight is 263 g/mol. The first kappa shape index (κ1) is 12.8. The summed E-state index contributed by atoms with van der Waals surface area (Å²) in [6.45, 7) is 6.72. The molecule has 0 aliphatic rings. The Morgan fingerprint density at radius 1 is 1.39 bits per heavy atom. The fourth-order valence-corrected chi connectivity index (χ4v) is 2.24. The number of pyridine rings is 1. The van der Waals surface area contributed by atoms with Gasteiger partial charge in [-0.3, -0.25) is 0 Å². The van der Waals surface area contributed by atoms with Crippen LogP contribution in [0, 0.1) is 6.92 Å². The van der Waals surface area contributed by atoms with Crippen LogP contribution in [0.3, 0.4) is 0 Å². The lowest BCUT2D eigenvalue weighted by molar-refractivity contribution is 0.243. The van der Waals surface area contributed by atoms with Gasteiger partial charge in [-0.1, -0.05) is 0 Å². The molecule has 0 saturated carbocycles. The van der Waals surface area contributed by atoms with Crippen LogP contribution in [0.1, 0.15) is 23.7 Å². The molecule has 0 aromatic carbocycles. The van der Waals surface area contributed by atoms with Gasteiger partial charge in [0.05, 0.1) is 12.6 Å². The Bertz CT molecular complexity index is 510. The molecular weight excluding hydrogens is 246 g/mol. The van der Waals surface area contributed by atoms with Crippen molar-refractivity contribution in [3.63, 3.8) is 0 Å². The Kier molecular flexibility index (Phi) is 4.15. The Balaban J connectivity index is 2.04. The van der Waals surface area contributed by atoms with E-state index in [1.54, 1.807) is 17.5 Å². The van der Waals surface area contributed by atoms with Crippen LogP contribution in [0.5, 0.6) is 5.75 Å². The zero-order chi connectivity index (χ0) is 13.0. The standard InChI is InChI=1S/C13H17N3OS/c1-9(2)17-11-5-4-6-14-13(11)16-8-12-15-7-10(3)18-12/h4-7,9H,8H2,1-3H3,(H,14,16). The number of nitrogens with one attached hydrogen (secondary N) is 1. The molecule has 0 radical (unpaired) electrons. The fourth-order valence-electron chi connectivity index (χ4n) is 1.51. The number of ether oxygens (including phenoxy) is 1. The van der Waals surface area contributed by atoms with Crippen molar-refractivity contribution in [1.82, 2.24) is 9.97 Å². The first-order chi connectivity index (χ1) is 8.65. The molecule has 2 heterocycles. The Hall–Kier alpha value is -1.62. The van der Waals surface area contributed by atoms with Gasteiger partial charge in [0.2, 0.25) is 0 Å². The van der Waals surface area contributed by atoms with E-state index < -0.39 is 0 Å². The van der Waals surface area contributed by atoms with Gasteiger partial charge in [-0.05, 0) is 32.9 Å². The summed E-state index contributed by atoms with van der Waals surface area (Å²) in [4.78, 5) is 9.82. The van der Waals surface area contributed by atoms with E-state index >= 15 is 0 Å². The van der Waals surface area contributed by atoms with Gasteiger partial charge in [0, 0.05) is 17.3 Å². The van der Waals surface area contributed by atoms with Gasteiger partial charge < -0.3 is 10.1 Å². The number of anilines is 1. The zero-order valence-corrected chi connectivity index (χ0v) is 11.6. The van der Waals surface area contributed by atoms with Crippen molar-refractivity contribution in [3.8, 4) is 5.75 Å². The first-order valence-corrected chi connectivity index (χ1v) is 6.73. The molecular formula is C13H17N3OS. The maximum atomic E-state index is 5.70. The van der Waals surface area contributed by atoms with E-state index in [-0.39, 0.29) is 6.10 Å². The number of rotatable bonds is 5. The second kappa shape index (κ2) is 5.82. The largest absolute Gasteiger partial charge is 0.487 e. The van der Waals surface area contributed by atoms with E-state index in [4.69, 9.17) is 4.74 Å². The van der Waals surface area contributed by atoms with Crippen LogP contribution in [-0.4, -0.2) is 16.1 Å². The van der Waals surface area contributed by atoms with Crippen LogP contribution in [0.2, 0.25) is 0 Å². The van der Waals surface area contributed by atoms with Crippen molar-refractivity contribution in [1.29, 1.82) is 0 Å². The average Bonchev–Trinajstić information content (AvgIpc) is 2.73. The van der Waals surface area contributed by atoms with Crippen LogP contribution < -0.4 is 10.1 Å². The molecule has 2 aromatic rings.